The third-order valence-corrected chi connectivity index (χ3v) is 4.94. The Morgan fingerprint density at radius 2 is 1.84 bits per heavy atom. The van der Waals surface area contributed by atoms with E-state index in [9.17, 15) is 8.42 Å². The van der Waals surface area contributed by atoms with Crippen molar-refractivity contribution in [3.05, 3.63) is 51.1 Å². The maximum atomic E-state index is 12.3. The average molecular weight is 409 g/mol. The van der Waals surface area contributed by atoms with E-state index in [0.717, 1.165) is 3.57 Å². The molecule has 0 aliphatic carbocycles. The summed E-state index contributed by atoms with van der Waals surface area (Å²) in [5.41, 5.74) is 6.27. The summed E-state index contributed by atoms with van der Waals surface area (Å²) in [6.45, 7) is 0. The van der Waals surface area contributed by atoms with Crippen LogP contribution in [0.25, 0.3) is 0 Å². The molecular weight excluding hydrogens is 399 g/mol. The maximum absolute atomic E-state index is 12.3. The highest BCUT2D eigenvalue weighted by atomic mass is 127. The Morgan fingerprint density at radius 1 is 1.16 bits per heavy atom. The number of hydrogen-bond donors (Lipinski definition) is 2. The lowest BCUT2D eigenvalue weighted by Crippen LogP contribution is -2.15. The molecule has 2 aromatic rings. The fraction of sp³-hybridized carbons (Fsp3) is 0. The van der Waals surface area contributed by atoms with Crippen LogP contribution in [0.5, 0.6) is 0 Å². The molecule has 0 aromatic heterocycles. The van der Waals surface area contributed by atoms with E-state index in [2.05, 4.69) is 27.3 Å². The van der Waals surface area contributed by atoms with Crippen molar-refractivity contribution in [1.29, 1.82) is 0 Å². The van der Waals surface area contributed by atoms with E-state index >= 15 is 0 Å². The van der Waals surface area contributed by atoms with Crippen LogP contribution in [-0.2, 0) is 10.0 Å². The summed E-state index contributed by atoms with van der Waals surface area (Å²) in [6.07, 6.45) is 0. The van der Waals surface area contributed by atoms with Crippen molar-refractivity contribution < 1.29 is 8.42 Å². The van der Waals surface area contributed by atoms with E-state index in [1.807, 2.05) is 6.07 Å². The van der Waals surface area contributed by atoms with Gasteiger partial charge >= 0.3 is 0 Å². The number of nitrogens with two attached hydrogens (primary N) is 1. The van der Waals surface area contributed by atoms with Crippen LogP contribution in [0.15, 0.2) is 47.4 Å². The molecule has 0 radical (unpaired) electrons. The zero-order valence-corrected chi connectivity index (χ0v) is 13.3. The first-order valence-electron chi connectivity index (χ1n) is 5.22. The summed E-state index contributed by atoms with van der Waals surface area (Å²) in [5, 5.41) is 0.0955. The molecule has 2 rings (SSSR count). The molecule has 3 N–H and O–H groups in total. The van der Waals surface area contributed by atoms with Gasteiger partial charge in [0, 0.05) is 9.26 Å². The van der Waals surface area contributed by atoms with Crippen molar-refractivity contribution in [3.8, 4) is 0 Å². The highest BCUT2D eigenvalue weighted by molar-refractivity contribution is 14.1. The number of sulfonamides is 1. The van der Waals surface area contributed by atoms with Gasteiger partial charge in [0.15, 0.2) is 0 Å². The molecule has 4 nitrogen and oxygen atoms in total. The summed E-state index contributed by atoms with van der Waals surface area (Å²) < 4.78 is 27.9. The third kappa shape index (κ3) is 3.31. The van der Waals surface area contributed by atoms with E-state index in [1.54, 1.807) is 24.3 Å². The fourth-order valence-electron chi connectivity index (χ4n) is 1.57. The minimum Gasteiger partial charge on any atom is -0.398 e. The quantitative estimate of drug-likeness (QED) is 0.604. The normalized spacial score (nSPS) is 11.3. The topological polar surface area (TPSA) is 72.2 Å². The van der Waals surface area contributed by atoms with Gasteiger partial charge in [0.25, 0.3) is 10.0 Å². The Labute approximate surface area is 130 Å². The van der Waals surface area contributed by atoms with Crippen LogP contribution in [0.4, 0.5) is 11.4 Å². The van der Waals surface area contributed by atoms with E-state index in [1.165, 1.54) is 12.1 Å². The fourth-order valence-corrected chi connectivity index (χ4v) is 3.84. The predicted octanol–water partition coefficient (Wildman–Crippen LogP) is 3.33. The van der Waals surface area contributed by atoms with E-state index in [-0.39, 0.29) is 15.6 Å². The lowest BCUT2D eigenvalue weighted by molar-refractivity contribution is 0.601. The first-order valence-corrected chi connectivity index (χ1v) is 8.16. The number of nitrogens with one attached hydrogen (secondary N) is 1. The summed E-state index contributed by atoms with van der Waals surface area (Å²) in [7, 11) is -3.80. The second-order valence-electron chi connectivity index (χ2n) is 3.77. The summed E-state index contributed by atoms with van der Waals surface area (Å²) in [5.74, 6) is 0. The number of nitrogen functional groups attached to an aromatic ring is 1. The Kier molecular flexibility index (Phi) is 4.22. The van der Waals surface area contributed by atoms with Crippen LogP contribution >= 0.6 is 34.2 Å². The average Bonchev–Trinajstić information content (AvgIpc) is 2.27. The van der Waals surface area contributed by atoms with Crippen LogP contribution in [-0.4, -0.2) is 8.42 Å². The predicted molar refractivity (Wildman–Crippen MR) is 85.8 cm³/mol. The Hall–Kier alpha value is -0.990. The second kappa shape index (κ2) is 5.56. The molecule has 0 heterocycles. The smallest absolute Gasteiger partial charge is 0.265 e. The Bertz CT molecular complexity index is 699. The SMILES string of the molecule is Nc1cccc(Cl)c1S(=O)(=O)Nc1cccc(I)c1. The van der Waals surface area contributed by atoms with Crippen LogP contribution < -0.4 is 10.5 Å². The molecule has 0 fully saturated rings. The Balaban J connectivity index is 2.44. The summed E-state index contributed by atoms with van der Waals surface area (Å²) in [4.78, 5) is -0.101. The van der Waals surface area contributed by atoms with Crippen molar-refractivity contribution in [2.75, 3.05) is 10.5 Å². The highest BCUT2D eigenvalue weighted by Gasteiger charge is 2.21. The van der Waals surface area contributed by atoms with Crippen molar-refractivity contribution in [1.82, 2.24) is 0 Å². The molecule has 19 heavy (non-hydrogen) atoms. The number of benzene rings is 2. The lowest BCUT2D eigenvalue weighted by Gasteiger charge is -2.11. The van der Waals surface area contributed by atoms with Crippen molar-refractivity contribution in [3.63, 3.8) is 0 Å². The van der Waals surface area contributed by atoms with Gasteiger partial charge < -0.3 is 5.73 Å². The van der Waals surface area contributed by atoms with Crippen molar-refractivity contribution in [2.24, 2.45) is 0 Å². The molecule has 0 aliphatic heterocycles. The molecule has 7 heteroatoms. The monoisotopic (exact) mass is 408 g/mol. The number of hydrogen-bond acceptors (Lipinski definition) is 3. The van der Waals surface area contributed by atoms with Crippen LogP contribution in [0.2, 0.25) is 5.02 Å². The van der Waals surface area contributed by atoms with E-state index in [0.29, 0.717) is 5.69 Å². The minimum atomic E-state index is -3.80. The molecule has 0 atom stereocenters. The zero-order chi connectivity index (χ0) is 14.0. The first-order chi connectivity index (χ1) is 8.90. The van der Waals surface area contributed by atoms with E-state index in [4.69, 9.17) is 17.3 Å². The molecule has 0 unspecified atom stereocenters. The molecule has 0 saturated heterocycles. The van der Waals surface area contributed by atoms with Gasteiger partial charge in [-0.2, -0.15) is 0 Å². The molecule has 100 valence electrons. The van der Waals surface area contributed by atoms with Crippen LogP contribution in [0.3, 0.4) is 0 Å². The number of anilines is 2. The van der Waals surface area contributed by atoms with Crippen LogP contribution in [0, 0.1) is 3.57 Å². The molecule has 0 amide bonds. The van der Waals surface area contributed by atoms with Gasteiger partial charge in [0.05, 0.1) is 10.7 Å². The third-order valence-electron chi connectivity index (χ3n) is 2.34. The van der Waals surface area contributed by atoms with Gasteiger partial charge in [-0.1, -0.05) is 23.7 Å². The van der Waals surface area contributed by atoms with Gasteiger partial charge in [-0.15, -0.1) is 0 Å². The standard InChI is InChI=1S/C12H10ClIN2O2S/c13-10-5-2-6-11(15)12(10)19(17,18)16-9-4-1-3-8(14)7-9/h1-7,16H,15H2. The molecule has 0 saturated carbocycles. The summed E-state index contributed by atoms with van der Waals surface area (Å²) in [6, 6.07) is 11.6. The maximum Gasteiger partial charge on any atom is 0.265 e. The largest absolute Gasteiger partial charge is 0.398 e. The first kappa shape index (κ1) is 14.4. The molecule has 0 bridgehead atoms. The zero-order valence-electron chi connectivity index (χ0n) is 9.60. The van der Waals surface area contributed by atoms with Crippen molar-refractivity contribution >= 4 is 55.6 Å². The van der Waals surface area contributed by atoms with E-state index < -0.39 is 10.0 Å². The van der Waals surface area contributed by atoms with Gasteiger partial charge in [-0.3, -0.25) is 4.72 Å². The van der Waals surface area contributed by atoms with Gasteiger partial charge in [-0.05, 0) is 52.9 Å². The number of halogens is 2. The molecule has 0 aliphatic rings. The van der Waals surface area contributed by atoms with Gasteiger partial charge in [0.2, 0.25) is 0 Å². The van der Waals surface area contributed by atoms with Gasteiger partial charge in [0.1, 0.15) is 4.90 Å². The van der Waals surface area contributed by atoms with Crippen molar-refractivity contribution in [2.45, 2.75) is 4.90 Å². The second-order valence-corrected chi connectivity index (χ2v) is 7.05. The molecule has 0 spiro atoms. The summed E-state index contributed by atoms with van der Waals surface area (Å²) >= 11 is 8.01. The molecule has 2 aromatic carbocycles. The van der Waals surface area contributed by atoms with Gasteiger partial charge in [-0.25, -0.2) is 8.42 Å². The number of rotatable bonds is 3. The minimum absolute atomic E-state index is 0.0955. The molecular formula is C12H10ClIN2O2S. The highest BCUT2D eigenvalue weighted by Crippen LogP contribution is 2.29. The van der Waals surface area contributed by atoms with Crippen LogP contribution in [0.1, 0.15) is 0 Å². The Morgan fingerprint density at radius 3 is 2.47 bits per heavy atom. The lowest BCUT2D eigenvalue weighted by atomic mass is 10.3.